The van der Waals surface area contributed by atoms with Gasteiger partial charge in [0.15, 0.2) is 0 Å². The number of rotatable bonds is 2. The largest absolute Gasteiger partial charge is 0.293 e. The molecule has 0 spiro atoms. The fraction of sp³-hybridized carbons (Fsp3) is 0.250. The smallest absolute Gasteiger partial charge is 0.269 e. The van der Waals surface area contributed by atoms with Crippen molar-refractivity contribution in [3.8, 4) is 0 Å². The molecule has 1 fully saturated rings. The number of carbonyl (C=O) groups excluding carboxylic acids is 2. The van der Waals surface area contributed by atoms with Crippen LogP contribution in [0.5, 0.6) is 0 Å². The Morgan fingerprint density at radius 2 is 2.18 bits per heavy atom. The summed E-state index contributed by atoms with van der Waals surface area (Å²) in [4.78, 5) is 29.3. The van der Waals surface area contributed by atoms with Gasteiger partial charge < -0.3 is 0 Å². The molecule has 2 amide bonds. The second kappa shape index (κ2) is 4.71. The van der Waals surface area contributed by atoms with E-state index in [-0.39, 0.29) is 11.1 Å². The molecule has 1 saturated heterocycles. The predicted molar refractivity (Wildman–Crippen MR) is 67.3 cm³/mol. The van der Waals surface area contributed by atoms with Crippen LogP contribution < -0.4 is 0 Å². The Balaban J connectivity index is 2.30. The number of hydrogen-bond acceptors (Lipinski definition) is 4. The molecular weight excluding hydrogens is 236 g/mol. The summed E-state index contributed by atoms with van der Waals surface area (Å²) in [5.41, 5.74) is 1.58. The number of thioether (sulfide) groups is 1. The topological polar surface area (TPSA) is 50.3 Å². The van der Waals surface area contributed by atoms with Gasteiger partial charge in [0.25, 0.3) is 11.1 Å². The maximum atomic E-state index is 11.8. The number of pyridine rings is 1. The summed E-state index contributed by atoms with van der Waals surface area (Å²) in [6.45, 7) is 4.07. The van der Waals surface area contributed by atoms with Crippen LogP contribution in [0.25, 0.3) is 6.08 Å². The highest BCUT2D eigenvalue weighted by atomic mass is 32.2. The highest BCUT2D eigenvalue weighted by molar-refractivity contribution is 8.18. The van der Waals surface area contributed by atoms with Crippen LogP contribution >= 0.6 is 11.8 Å². The van der Waals surface area contributed by atoms with Crippen molar-refractivity contribution >= 4 is 29.0 Å². The van der Waals surface area contributed by atoms with E-state index >= 15 is 0 Å². The van der Waals surface area contributed by atoms with E-state index < -0.39 is 0 Å². The van der Waals surface area contributed by atoms with Gasteiger partial charge in [-0.05, 0) is 43.8 Å². The lowest BCUT2D eigenvalue weighted by atomic mass is 10.3. The molecule has 0 aromatic carbocycles. The van der Waals surface area contributed by atoms with Crippen molar-refractivity contribution in [1.29, 1.82) is 0 Å². The molecule has 1 aromatic rings. The molecule has 2 heterocycles. The molecule has 1 aliphatic rings. The third-order valence-corrected chi connectivity index (χ3v) is 3.29. The summed E-state index contributed by atoms with van der Waals surface area (Å²) >= 11 is 0.966. The average Bonchev–Trinajstić information content (AvgIpc) is 2.54. The number of carbonyl (C=O) groups is 2. The minimum absolute atomic E-state index is 0.212. The van der Waals surface area contributed by atoms with Gasteiger partial charge in [-0.25, -0.2) is 0 Å². The SMILES string of the molecule is CCN1C(=O)S/C(=C/c2cccc(C)n2)C1=O. The van der Waals surface area contributed by atoms with Gasteiger partial charge in [-0.1, -0.05) is 6.07 Å². The normalized spacial score (nSPS) is 18.2. The number of likely N-dealkylation sites (N-methyl/N-ethyl adjacent to an activating group) is 1. The van der Waals surface area contributed by atoms with Gasteiger partial charge in [-0.2, -0.15) is 0 Å². The van der Waals surface area contributed by atoms with Crippen LogP contribution in [0.2, 0.25) is 0 Å². The summed E-state index contributed by atoms with van der Waals surface area (Å²) < 4.78 is 0. The van der Waals surface area contributed by atoms with E-state index in [1.54, 1.807) is 13.0 Å². The van der Waals surface area contributed by atoms with Crippen molar-refractivity contribution in [2.24, 2.45) is 0 Å². The van der Waals surface area contributed by atoms with Crippen molar-refractivity contribution < 1.29 is 9.59 Å². The van der Waals surface area contributed by atoms with E-state index in [1.807, 2.05) is 25.1 Å². The van der Waals surface area contributed by atoms with Crippen molar-refractivity contribution in [2.75, 3.05) is 6.54 Å². The maximum absolute atomic E-state index is 11.8. The van der Waals surface area contributed by atoms with Gasteiger partial charge >= 0.3 is 0 Å². The van der Waals surface area contributed by atoms with Crippen molar-refractivity contribution in [2.45, 2.75) is 13.8 Å². The Morgan fingerprint density at radius 1 is 1.41 bits per heavy atom. The quantitative estimate of drug-likeness (QED) is 0.754. The molecule has 2 rings (SSSR count). The first-order valence-corrected chi connectivity index (χ1v) is 6.12. The maximum Gasteiger partial charge on any atom is 0.293 e. The summed E-state index contributed by atoms with van der Waals surface area (Å²) in [6.07, 6.45) is 1.66. The molecule has 0 aliphatic carbocycles. The minimum atomic E-state index is -0.231. The van der Waals surface area contributed by atoms with Gasteiger partial charge in [0, 0.05) is 12.2 Å². The molecule has 88 valence electrons. The monoisotopic (exact) mass is 248 g/mol. The third kappa shape index (κ3) is 2.39. The second-order valence-corrected chi connectivity index (χ2v) is 4.62. The zero-order chi connectivity index (χ0) is 12.4. The van der Waals surface area contributed by atoms with Gasteiger partial charge in [-0.3, -0.25) is 19.5 Å². The Kier molecular flexibility index (Phi) is 3.28. The van der Waals surface area contributed by atoms with E-state index in [9.17, 15) is 9.59 Å². The Hall–Kier alpha value is -1.62. The van der Waals surface area contributed by atoms with Crippen LogP contribution in [0, 0.1) is 6.92 Å². The van der Waals surface area contributed by atoms with Crippen LogP contribution in [0.1, 0.15) is 18.3 Å². The van der Waals surface area contributed by atoms with Crippen LogP contribution in [-0.2, 0) is 4.79 Å². The molecule has 17 heavy (non-hydrogen) atoms. The van der Waals surface area contributed by atoms with E-state index in [1.165, 1.54) is 4.90 Å². The second-order valence-electron chi connectivity index (χ2n) is 3.63. The average molecular weight is 248 g/mol. The fourth-order valence-corrected chi connectivity index (χ4v) is 2.44. The Bertz CT molecular complexity index is 511. The van der Waals surface area contributed by atoms with Gasteiger partial charge in [0.1, 0.15) is 0 Å². The predicted octanol–water partition coefficient (Wildman–Crippen LogP) is 2.45. The molecule has 0 bridgehead atoms. The number of hydrogen-bond donors (Lipinski definition) is 0. The lowest BCUT2D eigenvalue weighted by Crippen LogP contribution is -2.27. The molecule has 5 heteroatoms. The molecule has 1 aromatic heterocycles. The first-order chi connectivity index (χ1) is 8.11. The summed E-state index contributed by atoms with van der Waals surface area (Å²) in [6, 6.07) is 5.57. The molecular formula is C12H12N2O2S. The summed E-state index contributed by atoms with van der Waals surface area (Å²) in [5, 5.41) is -0.212. The molecule has 1 aliphatic heterocycles. The summed E-state index contributed by atoms with van der Waals surface area (Å²) in [5.74, 6) is -0.231. The lowest BCUT2D eigenvalue weighted by molar-refractivity contribution is -0.122. The molecule has 4 nitrogen and oxygen atoms in total. The number of aromatic nitrogens is 1. The number of amides is 2. The molecule has 0 atom stereocenters. The standard InChI is InChI=1S/C12H12N2O2S/c1-3-14-11(15)10(17-12(14)16)7-9-6-4-5-8(2)13-9/h4-7H,3H2,1-2H3/b10-7+. The molecule has 0 saturated carbocycles. The first kappa shape index (κ1) is 11.9. The Labute approximate surface area is 104 Å². The van der Waals surface area contributed by atoms with Gasteiger partial charge in [-0.15, -0.1) is 0 Å². The van der Waals surface area contributed by atoms with E-state index in [2.05, 4.69) is 4.98 Å². The lowest BCUT2D eigenvalue weighted by Gasteiger charge is -2.06. The van der Waals surface area contributed by atoms with Crippen LogP contribution in [0.3, 0.4) is 0 Å². The first-order valence-electron chi connectivity index (χ1n) is 5.31. The van der Waals surface area contributed by atoms with Gasteiger partial charge in [0.2, 0.25) is 0 Å². The third-order valence-electron chi connectivity index (χ3n) is 2.38. The van der Waals surface area contributed by atoms with Crippen molar-refractivity contribution in [3.05, 3.63) is 34.5 Å². The van der Waals surface area contributed by atoms with Crippen LogP contribution in [-0.4, -0.2) is 27.6 Å². The molecule has 0 unspecified atom stereocenters. The zero-order valence-electron chi connectivity index (χ0n) is 9.64. The highest BCUT2D eigenvalue weighted by Crippen LogP contribution is 2.31. The zero-order valence-corrected chi connectivity index (χ0v) is 10.5. The number of nitrogens with zero attached hydrogens (tertiary/aromatic N) is 2. The van der Waals surface area contributed by atoms with Crippen molar-refractivity contribution in [1.82, 2.24) is 9.88 Å². The van der Waals surface area contributed by atoms with Crippen molar-refractivity contribution in [3.63, 3.8) is 0 Å². The van der Waals surface area contributed by atoms with E-state index in [4.69, 9.17) is 0 Å². The number of imide groups is 1. The van der Waals surface area contributed by atoms with Crippen LogP contribution in [0.4, 0.5) is 4.79 Å². The fourth-order valence-electron chi connectivity index (χ4n) is 1.55. The highest BCUT2D eigenvalue weighted by Gasteiger charge is 2.33. The van der Waals surface area contributed by atoms with E-state index in [0.29, 0.717) is 17.1 Å². The van der Waals surface area contributed by atoms with Gasteiger partial charge in [0.05, 0.1) is 10.6 Å². The minimum Gasteiger partial charge on any atom is -0.269 e. The number of aryl methyl sites for hydroxylation is 1. The Morgan fingerprint density at radius 3 is 2.76 bits per heavy atom. The van der Waals surface area contributed by atoms with E-state index in [0.717, 1.165) is 17.5 Å². The molecule has 0 N–H and O–H groups in total. The summed E-state index contributed by atoms with van der Waals surface area (Å²) in [7, 11) is 0. The molecule has 0 radical (unpaired) electrons. The van der Waals surface area contributed by atoms with Crippen LogP contribution in [0.15, 0.2) is 23.1 Å².